The van der Waals surface area contributed by atoms with Crippen molar-refractivity contribution < 1.29 is 20.1 Å². The predicted octanol–water partition coefficient (Wildman–Crippen LogP) is 1.76. The topological polar surface area (TPSA) is 89.8 Å². The Morgan fingerprint density at radius 2 is 2.18 bits per heavy atom. The smallest absolute Gasteiger partial charge is 0.405 e. The normalized spacial score (nSPS) is 14.1. The van der Waals surface area contributed by atoms with E-state index in [0.717, 1.165) is 0 Å². The first kappa shape index (κ1) is 14.2. The molecule has 1 unspecified atom stereocenters. The summed E-state index contributed by atoms with van der Waals surface area (Å²) in [6.07, 6.45) is -2.52. The van der Waals surface area contributed by atoms with Crippen LogP contribution in [0, 0.1) is 0 Å². The Bertz CT molecular complexity index is 415. The molecule has 17 heavy (non-hydrogen) atoms. The first-order valence-electron chi connectivity index (χ1n) is 4.69. The van der Waals surface area contributed by atoms with Gasteiger partial charge < -0.3 is 20.6 Å². The fourth-order valence-electron chi connectivity index (χ4n) is 1.37. The molecular weight excluding hydrogens is 313 g/mol. The van der Waals surface area contributed by atoms with Crippen LogP contribution >= 0.6 is 27.5 Å². The SMILES string of the molecule is O=C(O)N[C@H](c1ccc(Cl)cc1Br)C(O)CO. The third-order valence-corrected chi connectivity index (χ3v) is 3.07. The Balaban J connectivity index is 3.07. The van der Waals surface area contributed by atoms with Crippen LogP contribution in [-0.2, 0) is 0 Å². The first-order chi connectivity index (χ1) is 7.95. The highest BCUT2D eigenvalue weighted by Gasteiger charge is 2.24. The molecule has 0 saturated heterocycles. The minimum Gasteiger partial charge on any atom is -0.465 e. The van der Waals surface area contributed by atoms with Gasteiger partial charge in [0, 0.05) is 9.50 Å². The number of nitrogens with one attached hydrogen (secondary N) is 1. The maximum Gasteiger partial charge on any atom is 0.405 e. The molecule has 0 aliphatic heterocycles. The third kappa shape index (κ3) is 3.85. The lowest BCUT2D eigenvalue weighted by Crippen LogP contribution is -2.37. The monoisotopic (exact) mass is 323 g/mol. The summed E-state index contributed by atoms with van der Waals surface area (Å²) in [5, 5.41) is 29.8. The molecule has 1 aromatic carbocycles. The van der Waals surface area contributed by atoms with Crippen LogP contribution in [0.2, 0.25) is 5.02 Å². The highest BCUT2D eigenvalue weighted by molar-refractivity contribution is 9.10. The minimum absolute atomic E-state index is 0.480. The molecule has 0 aliphatic carbocycles. The van der Waals surface area contributed by atoms with Gasteiger partial charge in [-0.2, -0.15) is 0 Å². The summed E-state index contributed by atoms with van der Waals surface area (Å²) in [6, 6.07) is 3.80. The lowest BCUT2D eigenvalue weighted by atomic mass is 10.0. The summed E-state index contributed by atoms with van der Waals surface area (Å²) in [6.45, 7) is -0.556. The fraction of sp³-hybridized carbons (Fsp3) is 0.300. The van der Waals surface area contributed by atoms with Crippen LogP contribution in [0.5, 0.6) is 0 Å². The van der Waals surface area contributed by atoms with Crippen LogP contribution in [0.3, 0.4) is 0 Å². The molecule has 94 valence electrons. The van der Waals surface area contributed by atoms with E-state index in [1.54, 1.807) is 18.2 Å². The van der Waals surface area contributed by atoms with E-state index in [2.05, 4.69) is 21.2 Å². The van der Waals surface area contributed by atoms with Crippen molar-refractivity contribution in [2.75, 3.05) is 6.61 Å². The molecule has 0 fully saturated rings. The van der Waals surface area contributed by atoms with Crippen molar-refractivity contribution in [2.24, 2.45) is 0 Å². The molecule has 1 rings (SSSR count). The van der Waals surface area contributed by atoms with Gasteiger partial charge in [-0.1, -0.05) is 33.6 Å². The summed E-state index contributed by atoms with van der Waals surface area (Å²) in [5.41, 5.74) is 0.498. The fourth-order valence-corrected chi connectivity index (χ4v) is 2.30. The van der Waals surface area contributed by atoms with Crippen molar-refractivity contribution >= 4 is 33.6 Å². The highest BCUT2D eigenvalue weighted by Crippen LogP contribution is 2.28. The predicted molar refractivity (Wildman–Crippen MR) is 66.1 cm³/mol. The van der Waals surface area contributed by atoms with E-state index in [-0.39, 0.29) is 0 Å². The lowest BCUT2D eigenvalue weighted by Gasteiger charge is -2.22. The summed E-state index contributed by atoms with van der Waals surface area (Å²) in [5.74, 6) is 0. The standard InChI is InChI=1S/C10H11BrClNO4/c11-7-3-5(12)1-2-6(7)9(8(15)4-14)13-10(16)17/h1-3,8-9,13-15H,4H2,(H,16,17)/t8?,9-/m1/s1. The van der Waals surface area contributed by atoms with Gasteiger partial charge in [-0.3, -0.25) is 0 Å². The van der Waals surface area contributed by atoms with Crippen molar-refractivity contribution in [2.45, 2.75) is 12.1 Å². The van der Waals surface area contributed by atoms with Crippen molar-refractivity contribution in [3.8, 4) is 0 Å². The zero-order valence-electron chi connectivity index (χ0n) is 8.60. The van der Waals surface area contributed by atoms with Gasteiger partial charge in [0.1, 0.15) is 6.10 Å². The van der Waals surface area contributed by atoms with Gasteiger partial charge in [-0.25, -0.2) is 4.79 Å². The Morgan fingerprint density at radius 3 is 2.65 bits per heavy atom. The molecular formula is C10H11BrClNO4. The zero-order valence-corrected chi connectivity index (χ0v) is 10.9. The molecule has 1 amide bonds. The first-order valence-corrected chi connectivity index (χ1v) is 5.86. The highest BCUT2D eigenvalue weighted by atomic mass is 79.9. The van der Waals surface area contributed by atoms with E-state index in [4.69, 9.17) is 21.8 Å². The quantitative estimate of drug-likeness (QED) is 0.679. The summed E-state index contributed by atoms with van der Waals surface area (Å²) < 4.78 is 0.552. The number of aliphatic hydroxyl groups is 2. The average Bonchev–Trinajstić information content (AvgIpc) is 2.25. The van der Waals surface area contributed by atoms with E-state index in [1.165, 1.54) is 0 Å². The maximum atomic E-state index is 10.6. The van der Waals surface area contributed by atoms with Gasteiger partial charge in [0.15, 0.2) is 0 Å². The Morgan fingerprint density at radius 1 is 1.53 bits per heavy atom. The molecule has 0 aromatic heterocycles. The van der Waals surface area contributed by atoms with Crippen molar-refractivity contribution in [3.05, 3.63) is 33.3 Å². The molecule has 4 N–H and O–H groups in total. The van der Waals surface area contributed by atoms with Crippen molar-refractivity contribution in [1.29, 1.82) is 0 Å². The number of carboxylic acid groups (broad SMARTS) is 1. The second-order valence-corrected chi connectivity index (χ2v) is 4.63. The second kappa shape index (κ2) is 6.20. The Hall–Kier alpha value is -0.820. The minimum atomic E-state index is -1.29. The van der Waals surface area contributed by atoms with E-state index in [0.29, 0.717) is 15.1 Å². The van der Waals surface area contributed by atoms with Crippen LogP contribution in [0.15, 0.2) is 22.7 Å². The van der Waals surface area contributed by atoms with Crippen molar-refractivity contribution in [1.82, 2.24) is 5.32 Å². The number of carbonyl (C=O) groups is 1. The third-order valence-electron chi connectivity index (χ3n) is 2.15. The number of benzene rings is 1. The van der Waals surface area contributed by atoms with E-state index < -0.39 is 24.8 Å². The summed E-state index contributed by atoms with van der Waals surface area (Å²) >= 11 is 8.99. The summed E-state index contributed by atoms with van der Waals surface area (Å²) in [4.78, 5) is 10.6. The van der Waals surface area contributed by atoms with E-state index in [9.17, 15) is 9.90 Å². The molecule has 0 heterocycles. The second-order valence-electron chi connectivity index (χ2n) is 3.34. The Labute approximate surface area is 111 Å². The molecule has 0 radical (unpaired) electrons. The molecule has 0 spiro atoms. The molecule has 7 heteroatoms. The van der Waals surface area contributed by atoms with E-state index >= 15 is 0 Å². The molecule has 2 atom stereocenters. The van der Waals surface area contributed by atoms with Gasteiger partial charge in [0.2, 0.25) is 0 Å². The molecule has 0 saturated carbocycles. The molecule has 0 bridgehead atoms. The number of amides is 1. The van der Waals surface area contributed by atoms with Gasteiger partial charge in [0.25, 0.3) is 0 Å². The van der Waals surface area contributed by atoms with Crippen LogP contribution in [0.25, 0.3) is 0 Å². The molecule has 5 nitrogen and oxygen atoms in total. The van der Waals surface area contributed by atoms with Crippen LogP contribution in [0.4, 0.5) is 4.79 Å². The van der Waals surface area contributed by atoms with Gasteiger partial charge in [-0.15, -0.1) is 0 Å². The Kier molecular flexibility index (Phi) is 5.20. The number of hydrogen-bond donors (Lipinski definition) is 4. The molecule has 0 aliphatic rings. The molecule has 1 aromatic rings. The number of rotatable bonds is 4. The summed E-state index contributed by atoms with van der Waals surface area (Å²) in [7, 11) is 0. The van der Waals surface area contributed by atoms with Gasteiger partial charge in [-0.05, 0) is 17.7 Å². The largest absolute Gasteiger partial charge is 0.465 e. The number of aliphatic hydroxyl groups excluding tert-OH is 2. The van der Waals surface area contributed by atoms with Crippen LogP contribution in [-0.4, -0.2) is 34.1 Å². The van der Waals surface area contributed by atoms with Gasteiger partial charge >= 0.3 is 6.09 Å². The van der Waals surface area contributed by atoms with Gasteiger partial charge in [0.05, 0.1) is 12.6 Å². The van der Waals surface area contributed by atoms with Crippen LogP contribution in [0.1, 0.15) is 11.6 Å². The van der Waals surface area contributed by atoms with Crippen LogP contribution < -0.4 is 5.32 Å². The maximum absolute atomic E-state index is 10.6. The zero-order chi connectivity index (χ0) is 13.0. The number of halogens is 2. The van der Waals surface area contributed by atoms with Crippen molar-refractivity contribution in [3.63, 3.8) is 0 Å². The average molecular weight is 325 g/mol. The van der Waals surface area contributed by atoms with E-state index in [1.807, 2.05) is 0 Å². The lowest BCUT2D eigenvalue weighted by molar-refractivity contribution is 0.0617. The number of hydrogen-bond acceptors (Lipinski definition) is 3.